The molecule has 1 saturated heterocycles. The normalized spacial score (nSPS) is 17.3. The van der Waals surface area contributed by atoms with Gasteiger partial charge in [-0.2, -0.15) is 0 Å². The largest absolute Gasteiger partial charge is 0.351 e. The molecule has 2 heterocycles. The van der Waals surface area contributed by atoms with Crippen LogP contribution in [0, 0.1) is 11.7 Å². The number of benzene rings is 1. The summed E-state index contributed by atoms with van der Waals surface area (Å²) in [6.07, 6.45) is 3.76. The molecule has 2 amide bonds. The third kappa shape index (κ3) is 3.36. The number of pyridine rings is 1. The lowest BCUT2D eigenvalue weighted by atomic mass is 10.1. The molecule has 6 heteroatoms. The number of carbonyl (C=O) groups excluding carboxylic acids is 2. The lowest BCUT2D eigenvalue weighted by molar-refractivity contribution is -0.132. The molecular formula is C17H16FN3O2. The topological polar surface area (TPSA) is 62.3 Å². The number of nitrogens with one attached hydrogen (secondary N) is 1. The highest BCUT2D eigenvalue weighted by Crippen LogP contribution is 2.25. The molecule has 118 valence electrons. The predicted molar refractivity (Wildman–Crippen MR) is 82.9 cm³/mol. The van der Waals surface area contributed by atoms with Crippen molar-refractivity contribution in [2.45, 2.75) is 13.0 Å². The Morgan fingerprint density at radius 2 is 1.91 bits per heavy atom. The smallest absolute Gasteiger partial charge is 0.239 e. The Hall–Kier alpha value is -2.76. The van der Waals surface area contributed by atoms with E-state index in [0.29, 0.717) is 25.2 Å². The van der Waals surface area contributed by atoms with E-state index in [0.717, 1.165) is 5.56 Å². The first-order valence-electron chi connectivity index (χ1n) is 7.39. The zero-order valence-corrected chi connectivity index (χ0v) is 12.4. The predicted octanol–water partition coefficient (Wildman–Crippen LogP) is 1.89. The summed E-state index contributed by atoms with van der Waals surface area (Å²) in [7, 11) is 0. The summed E-state index contributed by atoms with van der Waals surface area (Å²) in [5.41, 5.74) is 1.54. The Bertz CT molecular complexity index is 704. The van der Waals surface area contributed by atoms with Gasteiger partial charge >= 0.3 is 0 Å². The molecule has 0 aliphatic carbocycles. The molecule has 0 saturated carbocycles. The first-order chi connectivity index (χ1) is 11.1. The van der Waals surface area contributed by atoms with Crippen LogP contribution in [0.1, 0.15) is 12.0 Å². The van der Waals surface area contributed by atoms with Crippen LogP contribution in [-0.4, -0.2) is 23.3 Å². The molecule has 1 aromatic carbocycles. The summed E-state index contributed by atoms with van der Waals surface area (Å²) < 4.78 is 13.0. The third-order valence-electron chi connectivity index (χ3n) is 3.88. The maximum absolute atomic E-state index is 13.0. The second-order valence-electron chi connectivity index (χ2n) is 5.38. The van der Waals surface area contributed by atoms with E-state index in [1.54, 1.807) is 24.5 Å². The van der Waals surface area contributed by atoms with Gasteiger partial charge in [0.2, 0.25) is 11.8 Å². The van der Waals surface area contributed by atoms with Gasteiger partial charge in [0.25, 0.3) is 0 Å². The Balaban J connectivity index is 1.62. The van der Waals surface area contributed by atoms with Gasteiger partial charge in [-0.05, 0) is 48.4 Å². The molecule has 0 spiro atoms. The maximum Gasteiger partial charge on any atom is 0.239 e. The molecule has 1 aliphatic heterocycles. The minimum absolute atomic E-state index is 0.246. The Labute approximate surface area is 133 Å². The quantitative estimate of drug-likeness (QED) is 0.877. The monoisotopic (exact) mass is 313 g/mol. The van der Waals surface area contributed by atoms with Crippen LogP contribution in [0.15, 0.2) is 48.8 Å². The van der Waals surface area contributed by atoms with Crippen LogP contribution in [0.4, 0.5) is 10.1 Å². The Kier molecular flexibility index (Phi) is 4.32. The fourth-order valence-corrected chi connectivity index (χ4v) is 2.61. The van der Waals surface area contributed by atoms with Crippen LogP contribution in [0.2, 0.25) is 0 Å². The maximum atomic E-state index is 13.0. The number of hydrogen-bond acceptors (Lipinski definition) is 3. The minimum Gasteiger partial charge on any atom is -0.351 e. The summed E-state index contributed by atoms with van der Waals surface area (Å²) in [6.45, 7) is 0.819. The fraction of sp³-hybridized carbons (Fsp3) is 0.235. The number of hydrogen-bond donors (Lipinski definition) is 1. The van der Waals surface area contributed by atoms with Gasteiger partial charge in [0.1, 0.15) is 11.7 Å². The van der Waals surface area contributed by atoms with E-state index in [9.17, 15) is 14.0 Å². The van der Waals surface area contributed by atoms with Crippen LogP contribution in [0.3, 0.4) is 0 Å². The average Bonchev–Trinajstić information content (AvgIpc) is 2.96. The Morgan fingerprint density at radius 1 is 1.22 bits per heavy atom. The first-order valence-corrected chi connectivity index (χ1v) is 7.39. The third-order valence-corrected chi connectivity index (χ3v) is 3.88. The number of halogens is 1. The van der Waals surface area contributed by atoms with Gasteiger partial charge < -0.3 is 10.2 Å². The van der Waals surface area contributed by atoms with E-state index in [1.807, 2.05) is 12.1 Å². The summed E-state index contributed by atoms with van der Waals surface area (Å²) in [5.74, 6) is -1.57. The van der Waals surface area contributed by atoms with Crippen molar-refractivity contribution in [1.29, 1.82) is 0 Å². The van der Waals surface area contributed by atoms with Crippen LogP contribution in [-0.2, 0) is 16.1 Å². The van der Waals surface area contributed by atoms with Crippen molar-refractivity contribution in [3.8, 4) is 0 Å². The van der Waals surface area contributed by atoms with Crippen molar-refractivity contribution in [1.82, 2.24) is 10.3 Å². The minimum atomic E-state index is -0.693. The van der Waals surface area contributed by atoms with Gasteiger partial charge in [-0.25, -0.2) is 4.39 Å². The number of rotatable bonds is 4. The molecule has 1 aromatic heterocycles. The first kappa shape index (κ1) is 15.1. The molecule has 1 fully saturated rings. The molecule has 0 unspecified atom stereocenters. The van der Waals surface area contributed by atoms with Crippen molar-refractivity contribution in [3.05, 3.63) is 60.2 Å². The van der Waals surface area contributed by atoms with E-state index >= 15 is 0 Å². The standard InChI is InChI=1S/C17H16FN3O2/c18-13-1-3-14(4-2-13)21-10-7-15(17(21)23)16(22)20-11-12-5-8-19-9-6-12/h1-6,8-9,15H,7,10-11H2,(H,20,22)/t15-/m0/s1. The van der Waals surface area contributed by atoms with Gasteiger partial charge in [0, 0.05) is 31.2 Å². The van der Waals surface area contributed by atoms with Gasteiger partial charge in [-0.15, -0.1) is 0 Å². The number of aromatic nitrogens is 1. The lowest BCUT2D eigenvalue weighted by Crippen LogP contribution is -2.36. The highest BCUT2D eigenvalue weighted by atomic mass is 19.1. The second kappa shape index (κ2) is 6.56. The van der Waals surface area contributed by atoms with Crippen molar-refractivity contribution < 1.29 is 14.0 Å². The van der Waals surface area contributed by atoms with Crippen molar-refractivity contribution in [2.24, 2.45) is 5.92 Å². The molecule has 3 rings (SSSR count). The summed E-state index contributed by atoms with van der Waals surface area (Å²) in [5, 5.41) is 2.78. The molecule has 1 N–H and O–H groups in total. The van der Waals surface area contributed by atoms with Crippen molar-refractivity contribution in [2.75, 3.05) is 11.4 Å². The van der Waals surface area contributed by atoms with Gasteiger partial charge in [-0.3, -0.25) is 14.6 Å². The molecular weight excluding hydrogens is 297 g/mol. The zero-order valence-electron chi connectivity index (χ0n) is 12.4. The fourth-order valence-electron chi connectivity index (χ4n) is 2.61. The van der Waals surface area contributed by atoms with Crippen molar-refractivity contribution in [3.63, 3.8) is 0 Å². The van der Waals surface area contributed by atoms with Gasteiger partial charge in [-0.1, -0.05) is 0 Å². The van der Waals surface area contributed by atoms with E-state index in [-0.39, 0.29) is 17.6 Å². The van der Waals surface area contributed by atoms with Crippen molar-refractivity contribution >= 4 is 17.5 Å². The zero-order chi connectivity index (χ0) is 16.2. The average molecular weight is 313 g/mol. The molecule has 1 aliphatic rings. The van der Waals surface area contributed by atoms with Crippen LogP contribution in [0.5, 0.6) is 0 Å². The molecule has 0 radical (unpaired) electrons. The van der Waals surface area contributed by atoms with Gasteiger partial charge in [0.05, 0.1) is 0 Å². The molecule has 0 bridgehead atoms. The number of carbonyl (C=O) groups is 2. The Morgan fingerprint density at radius 3 is 2.61 bits per heavy atom. The highest BCUT2D eigenvalue weighted by Gasteiger charge is 2.37. The number of amides is 2. The van der Waals surface area contributed by atoms with E-state index in [4.69, 9.17) is 0 Å². The summed E-state index contributed by atoms with van der Waals surface area (Å²) in [4.78, 5) is 30.1. The lowest BCUT2D eigenvalue weighted by Gasteiger charge is -2.16. The molecule has 5 nitrogen and oxygen atoms in total. The summed E-state index contributed by atoms with van der Waals surface area (Å²) in [6, 6.07) is 9.32. The van der Waals surface area contributed by atoms with Gasteiger partial charge in [0.15, 0.2) is 0 Å². The second-order valence-corrected chi connectivity index (χ2v) is 5.38. The van der Waals surface area contributed by atoms with E-state index in [2.05, 4.69) is 10.3 Å². The summed E-state index contributed by atoms with van der Waals surface area (Å²) >= 11 is 0. The van der Waals surface area contributed by atoms with Crippen LogP contribution in [0.25, 0.3) is 0 Å². The van der Waals surface area contributed by atoms with E-state index in [1.165, 1.54) is 17.0 Å². The van der Waals surface area contributed by atoms with E-state index < -0.39 is 5.92 Å². The molecule has 23 heavy (non-hydrogen) atoms. The van der Waals surface area contributed by atoms with Crippen LogP contribution < -0.4 is 10.2 Å². The highest BCUT2D eigenvalue weighted by molar-refractivity contribution is 6.09. The SMILES string of the molecule is O=C(NCc1ccncc1)[C@@H]1CCN(c2ccc(F)cc2)C1=O. The number of nitrogens with zero attached hydrogens (tertiary/aromatic N) is 2. The number of anilines is 1. The molecule has 1 atom stereocenters. The molecule has 2 aromatic rings. The van der Waals surface area contributed by atoms with Crippen LogP contribution >= 0.6 is 0 Å².